The van der Waals surface area contributed by atoms with Gasteiger partial charge in [-0.2, -0.15) is 0 Å². The molecule has 2 fully saturated rings. The van der Waals surface area contributed by atoms with Gasteiger partial charge in [-0.3, -0.25) is 0 Å². The minimum Gasteiger partial charge on any atom is -0.495 e. The van der Waals surface area contributed by atoms with E-state index < -0.39 is 0 Å². The van der Waals surface area contributed by atoms with Gasteiger partial charge in [0.05, 0.1) is 19.0 Å². The quantitative estimate of drug-likeness (QED) is 0.132. The maximum absolute atomic E-state index is 6.38. The zero-order chi connectivity index (χ0) is 22.5. The minimum atomic E-state index is -0.349. The zero-order valence-corrected chi connectivity index (χ0v) is 20.4. The monoisotopic (exact) mass is 432 g/mol. The Kier molecular flexibility index (Phi) is 12.0. The van der Waals surface area contributed by atoms with Crippen LogP contribution >= 0.6 is 0 Å². The predicted molar refractivity (Wildman–Crippen MR) is 131 cm³/mol. The topological polar surface area (TPSA) is 27.7 Å². The van der Waals surface area contributed by atoms with Crippen LogP contribution in [-0.4, -0.2) is 25.1 Å². The molecule has 0 spiro atoms. The summed E-state index contributed by atoms with van der Waals surface area (Å²) in [5.41, 5.74) is 0. The van der Waals surface area contributed by atoms with E-state index in [1.54, 1.807) is 0 Å². The van der Waals surface area contributed by atoms with Gasteiger partial charge in [0.2, 0.25) is 0 Å². The third kappa shape index (κ3) is 8.42. The molecular weight excluding hydrogens is 384 g/mol. The third-order valence-corrected chi connectivity index (χ3v) is 7.32. The summed E-state index contributed by atoms with van der Waals surface area (Å²) in [5, 5.41) is 0. The van der Waals surface area contributed by atoms with Crippen molar-refractivity contribution in [3.63, 3.8) is 0 Å². The molecule has 1 saturated heterocycles. The first kappa shape index (κ1) is 26.2. The molecule has 4 atom stereocenters. The van der Waals surface area contributed by atoms with Crippen LogP contribution in [0.1, 0.15) is 97.3 Å². The second-order valence-corrected chi connectivity index (χ2v) is 9.75. The highest BCUT2D eigenvalue weighted by Gasteiger charge is 2.44. The molecule has 0 aromatic rings. The molecule has 178 valence electrons. The fourth-order valence-corrected chi connectivity index (χ4v) is 5.58. The Morgan fingerprint density at radius 1 is 1.00 bits per heavy atom. The third-order valence-electron chi connectivity index (χ3n) is 7.32. The summed E-state index contributed by atoms with van der Waals surface area (Å²) in [5.74, 6) is 2.34. The average molecular weight is 433 g/mol. The number of rotatable bonds is 17. The predicted octanol–water partition coefficient (Wildman–Crippen LogP) is 7.97. The van der Waals surface area contributed by atoms with Crippen LogP contribution in [0.5, 0.6) is 0 Å². The van der Waals surface area contributed by atoms with Crippen LogP contribution < -0.4 is 0 Å². The molecule has 0 amide bonds. The van der Waals surface area contributed by atoms with Gasteiger partial charge in [0, 0.05) is 25.2 Å². The Balaban J connectivity index is 1.90. The van der Waals surface area contributed by atoms with E-state index in [1.165, 1.54) is 32.1 Å². The van der Waals surface area contributed by atoms with E-state index in [-0.39, 0.29) is 11.9 Å². The molecule has 0 unspecified atom stereocenters. The molecule has 1 heterocycles. The number of ether oxygens (including phenoxy) is 3. The van der Waals surface area contributed by atoms with Gasteiger partial charge in [-0.05, 0) is 50.4 Å². The normalized spacial score (nSPS) is 27.3. The highest BCUT2D eigenvalue weighted by molar-refractivity contribution is 4.97. The second-order valence-electron chi connectivity index (χ2n) is 9.75. The molecule has 0 N–H and O–H groups in total. The Morgan fingerprint density at radius 2 is 1.74 bits per heavy atom. The first-order valence-corrected chi connectivity index (χ1v) is 12.9. The maximum atomic E-state index is 6.38. The Bertz CT molecular complexity index is 534. The Morgan fingerprint density at radius 3 is 2.42 bits per heavy atom. The molecule has 0 radical (unpaired) electrons. The van der Waals surface area contributed by atoms with Gasteiger partial charge >= 0.3 is 0 Å². The van der Waals surface area contributed by atoms with E-state index in [9.17, 15) is 0 Å². The summed E-state index contributed by atoms with van der Waals surface area (Å²) < 4.78 is 18.8. The fraction of sp³-hybridized carbons (Fsp3) is 0.786. The van der Waals surface area contributed by atoms with E-state index in [0.29, 0.717) is 17.8 Å². The molecule has 0 bridgehead atoms. The van der Waals surface area contributed by atoms with E-state index in [0.717, 1.165) is 70.3 Å². The Hall–Kier alpha value is -1.06. The summed E-state index contributed by atoms with van der Waals surface area (Å²) in [6, 6.07) is 0. The molecule has 0 aromatic carbocycles. The average Bonchev–Trinajstić information content (AvgIpc) is 3.32. The van der Waals surface area contributed by atoms with Crippen molar-refractivity contribution >= 4 is 0 Å². The van der Waals surface area contributed by atoms with E-state index >= 15 is 0 Å². The van der Waals surface area contributed by atoms with Gasteiger partial charge in [0.15, 0.2) is 5.79 Å². The largest absolute Gasteiger partial charge is 0.495 e. The van der Waals surface area contributed by atoms with Crippen molar-refractivity contribution < 1.29 is 14.2 Å². The minimum absolute atomic E-state index is 0.254. The van der Waals surface area contributed by atoms with Gasteiger partial charge in [0.25, 0.3) is 0 Å². The molecule has 1 aliphatic carbocycles. The van der Waals surface area contributed by atoms with Crippen LogP contribution in [0.3, 0.4) is 0 Å². The molecule has 3 nitrogen and oxygen atoms in total. The van der Waals surface area contributed by atoms with Crippen molar-refractivity contribution in [2.45, 2.75) is 109 Å². The van der Waals surface area contributed by atoms with Gasteiger partial charge in [-0.15, -0.1) is 13.2 Å². The molecule has 2 rings (SSSR count). The van der Waals surface area contributed by atoms with Crippen molar-refractivity contribution in [2.24, 2.45) is 17.8 Å². The smallest absolute Gasteiger partial charge is 0.168 e. The SMILES string of the molecule is C=CCCCC(=C)O[C@H]1C[C@@H](C)[C@H](CCC2(CCCCCCC)OCCO2)[C@H]1CC=C. The van der Waals surface area contributed by atoms with E-state index in [2.05, 4.69) is 39.7 Å². The molecule has 31 heavy (non-hydrogen) atoms. The summed E-state index contributed by atoms with van der Waals surface area (Å²) in [4.78, 5) is 0. The first-order valence-electron chi connectivity index (χ1n) is 12.9. The number of hydrogen-bond acceptors (Lipinski definition) is 3. The highest BCUT2D eigenvalue weighted by Crippen LogP contribution is 2.46. The number of hydrogen-bond donors (Lipinski definition) is 0. The van der Waals surface area contributed by atoms with Crippen molar-refractivity contribution in [2.75, 3.05) is 13.2 Å². The maximum Gasteiger partial charge on any atom is 0.168 e. The second kappa shape index (κ2) is 14.2. The van der Waals surface area contributed by atoms with E-state index in [1.807, 2.05) is 6.08 Å². The molecule has 1 aliphatic heterocycles. The van der Waals surface area contributed by atoms with Crippen molar-refractivity contribution in [1.29, 1.82) is 0 Å². The summed E-state index contributed by atoms with van der Waals surface area (Å²) >= 11 is 0. The lowest BCUT2D eigenvalue weighted by Gasteiger charge is -2.32. The molecular formula is C28H48O3. The standard InChI is InChI=1S/C28H48O3/c1-6-9-11-12-14-18-28(29-20-21-30-28)19-17-25-23(4)22-27(26(25)15-8-3)31-24(5)16-13-10-7-2/h7-8,23,25-27H,2-3,5-6,9-22H2,1,4H3/t23-,25+,26-,27+/m1/s1. The van der Waals surface area contributed by atoms with Crippen LogP contribution in [0.15, 0.2) is 37.6 Å². The Labute approximate surface area is 192 Å². The molecule has 1 saturated carbocycles. The zero-order valence-electron chi connectivity index (χ0n) is 20.4. The van der Waals surface area contributed by atoms with Crippen LogP contribution in [-0.2, 0) is 14.2 Å². The lowest BCUT2D eigenvalue weighted by molar-refractivity contribution is -0.171. The number of allylic oxidation sites excluding steroid dienone is 3. The van der Waals surface area contributed by atoms with Gasteiger partial charge in [-0.1, -0.05) is 58.3 Å². The number of unbranched alkanes of at least 4 members (excludes halogenated alkanes) is 5. The lowest BCUT2D eigenvalue weighted by Crippen LogP contribution is -2.32. The first-order chi connectivity index (χ1) is 15.0. The lowest BCUT2D eigenvalue weighted by atomic mass is 9.82. The van der Waals surface area contributed by atoms with Crippen molar-refractivity contribution in [1.82, 2.24) is 0 Å². The summed E-state index contributed by atoms with van der Waals surface area (Å²) in [6.07, 6.45) is 19.0. The van der Waals surface area contributed by atoms with Crippen LogP contribution in [0, 0.1) is 17.8 Å². The molecule has 2 aliphatic rings. The van der Waals surface area contributed by atoms with Gasteiger partial charge in [0.1, 0.15) is 6.10 Å². The fourth-order valence-electron chi connectivity index (χ4n) is 5.58. The van der Waals surface area contributed by atoms with Crippen LogP contribution in [0.4, 0.5) is 0 Å². The van der Waals surface area contributed by atoms with Gasteiger partial charge in [-0.25, -0.2) is 0 Å². The van der Waals surface area contributed by atoms with Crippen LogP contribution in [0.25, 0.3) is 0 Å². The highest BCUT2D eigenvalue weighted by atomic mass is 16.7. The van der Waals surface area contributed by atoms with Crippen molar-refractivity contribution in [3.8, 4) is 0 Å². The molecule has 0 aromatic heterocycles. The summed E-state index contributed by atoms with van der Waals surface area (Å²) in [6.45, 7) is 18.2. The van der Waals surface area contributed by atoms with Crippen LogP contribution in [0.2, 0.25) is 0 Å². The molecule has 3 heteroatoms. The van der Waals surface area contributed by atoms with Crippen molar-refractivity contribution in [3.05, 3.63) is 37.6 Å². The van der Waals surface area contributed by atoms with Gasteiger partial charge < -0.3 is 14.2 Å². The summed E-state index contributed by atoms with van der Waals surface area (Å²) in [7, 11) is 0. The van der Waals surface area contributed by atoms with E-state index in [4.69, 9.17) is 14.2 Å².